The van der Waals surface area contributed by atoms with Gasteiger partial charge in [0.05, 0.1) is 0 Å². The lowest BCUT2D eigenvalue weighted by molar-refractivity contribution is -0.142. The van der Waals surface area contributed by atoms with Gasteiger partial charge in [0.2, 0.25) is 5.91 Å². The zero-order valence-electron chi connectivity index (χ0n) is 22.7. The number of hydrogen-bond acceptors (Lipinski definition) is 5. The number of para-hydroxylation sites is 2. The standard InChI is InChI=1S/C28H39N3O5/c1-16(2)31(26(34)20(6)29-27(35)36-28(7,8)9)23(21-15-11-14-19(5)24(21)32)25(33)30-22-17(3)12-10-13-18(22)4/h10-16,20,23,32H,1-9H3,(H,29,35)(H,30,33). The Bertz CT molecular complexity index is 1100. The number of carbonyl (C=O) groups excluding carboxylic acids is 3. The van der Waals surface area contributed by atoms with Crippen LogP contribution in [0.4, 0.5) is 10.5 Å². The smallest absolute Gasteiger partial charge is 0.408 e. The van der Waals surface area contributed by atoms with E-state index in [1.807, 2.05) is 32.0 Å². The van der Waals surface area contributed by atoms with Gasteiger partial charge in [-0.1, -0.05) is 36.4 Å². The zero-order chi connectivity index (χ0) is 27.4. The normalized spacial score (nSPS) is 13.1. The van der Waals surface area contributed by atoms with E-state index in [0.717, 1.165) is 11.1 Å². The Hall–Kier alpha value is -3.55. The van der Waals surface area contributed by atoms with E-state index in [0.29, 0.717) is 16.8 Å². The Morgan fingerprint density at radius 3 is 1.97 bits per heavy atom. The summed E-state index contributed by atoms with van der Waals surface area (Å²) in [5.74, 6) is -1.02. The molecule has 36 heavy (non-hydrogen) atoms. The minimum Gasteiger partial charge on any atom is -0.507 e. The molecule has 0 saturated heterocycles. The molecule has 0 bridgehead atoms. The van der Waals surface area contributed by atoms with E-state index in [9.17, 15) is 19.5 Å². The molecule has 0 spiro atoms. The third-order valence-corrected chi connectivity index (χ3v) is 5.73. The maximum Gasteiger partial charge on any atom is 0.408 e. The number of amides is 3. The van der Waals surface area contributed by atoms with Crippen LogP contribution in [0, 0.1) is 20.8 Å². The molecule has 0 aliphatic heterocycles. The summed E-state index contributed by atoms with van der Waals surface area (Å²) in [6, 6.07) is 8.20. The van der Waals surface area contributed by atoms with E-state index < -0.39 is 41.6 Å². The van der Waals surface area contributed by atoms with Crippen LogP contribution in [0.15, 0.2) is 36.4 Å². The highest BCUT2D eigenvalue weighted by atomic mass is 16.6. The number of rotatable bonds is 7. The van der Waals surface area contributed by atoms with Crippen molar-refractivity contribution in [3.63, 3.8) is 0 Å². The summed E-state index contributed by atoms with van der Waals surface area (Å²) in [6.45, 7) is 15.8. The van der Waals surface area contributed by atoms with Gasteiger partial charge in [-0.3, -0.25) is 9.59 Å². The van der Waals surface area contributed by atoms with Crippen molar-refractivity contribution < 1.29 is 24.2 Å². The highest BCUT2D eigenvalue weighted by Crippen LogP contribution is 2.34. The second-order valence-electron chi connectivity index (χ2n) is 10.4. The summed E-state index contributed by atoms with van der Waals surface area (Å²) >= 11 is 0. The van der Waals surface area contributed by atoms with Crippen molar-refractivity contribution in [2.75, 3.05) is 5.32 Å². The molecule has 0 heterocycles. The molecule has 0 saturated carbocycles. The number of phenolic OH excluding ortho intramolecular Hbond substituents is 1. The van der Waals surface area contributed by atoms with Gasteiger partial charge < -0.3 is 25.4 Å². The van der Waals surface area contributed by atoms with Crippen LogP contribution in [0.25, 0.3) is 0 Å². The van der Waals surface area contributed by atoms with Crippen LogP contribution in [0.2, 0.25) is 0 Å². The summed E-state index contributed by atoms with van der Waals surface area (Å²) in [4.78, 5) is 41.2. The van der Waals surface area contributed by atoms with Crippen molar-refractivity contribution in [1.82, 2.24) is 10.2 Å². The number of aryl methyl sites for hydroxylation is 3. The first-order chi connectivity index (χ1) is 16.6. The van der Waals surface area contributed by atoms with Gasteiger partial charge in [-0.15, -0.1) is 0 Å². The Balaban J connectivity index is 2.53. The molecule has 3 amide bonds. The van der Waals surface area contributed by atoms with Crippen molar-refractivity contribution in [2.45, 2.75) is 86.0 Å². The number of anilines is 1. The van der Waals surface area contributed by atoms with Crippen LogP contribution < -0.4 is 10.6 Å². The topological polar surface area (TPSA) is 108 Å². The summed E-state index contributed by atoms with van der Waals surface area (Å²) in [6.07, 6.45) is -0.734. The molecule has 2 aromatic carbocycles. The summed E-state index contributed by atoms with van der Waals surface area (Å²) < 4.78 is 5.29. The van der Waals surface area contributed by atoms with Crippen LogP contribution >= 0.6 is 0 Å². The van der Waals surface area contributed by atoms with Crippen molar-refractivity contribution in [2.24, 2.45) is 0 Å². The summed E-state index contributed by atoms with van der Waals surface area (Å²) in [7, 11) is 0. The highest BCUT2D eigenvalue weighted by molar-refractivity contribution is 6.00. The predicted molar refractivity (Wildman–Crippen MR) is 141 cm³/mol. The Kier molecular flexibility index (Phi) is 9.13. The van der Waals surface area contributed by atoms with Gasteiger partial charge in [0, 0.05) is 17.3 Å². The van der Waals surface area contributed by atoms with Gasteiger partial charge in [-0.25, -0.2) is 4.79 Å². The molecular formula is C28H39N3O5. The Morgan fingerprint density at radius 2 is 1.44 bits per heavy atom. The fourth-order valence-corrected chi connectivity index (χ4v) is 3.97. The molecule has 3 N–H and O–H groups in total. The third-order valence-electron chi connectivity index (χ3n) is 5.73. The molecule has 0 fully saturated rings. The molecule has 0 aliphatic carbocycles. The number of phenols is 1. The van der Waals surface area contributed by atoms with Gasteiger partial charge in [0.25, 0.3) is 5.91 Å². The fourth-order valence-electron chi connectivity index (χ4n) is 3.97. The number of carbonyl (C=O) groups is 3. The first-order valence-electron chi connectivity index (χ1n) is 12.1. The number of benzene rings is 2. The fraction of sp³-hybridized carbons (Fsp3) is 0.464. The number of nitrogens with one attached hydrogen (secondary N) is 2. The highest BCUT2D eigenvalue weighted by Gasteiger charge is 2.38. The molecule has 0 aliphatic rings. The van der Waals surface area contributed by atoms with Crippen LogP contribution in [0.5, 0.6) is 5.75 Å². The van der Waals surface area contributed by atoms with E-state index in [4.69, 9.17) is 4.74 Å². The van der Waals surface area contributed by atoms with E-state index in [1.165, 1.54) is 11.8 Å². The molecule has 8 heteroatoms. The number of aromatic hydroxyl groups is 1. The maximum atomic E-state index is 13.8. The van der Waals surface area contributed by atoms with E-state index in [1.54, 1.807) is 59.7 Å². The second kappa shape index (κ2) is 11.5. The van der Waals surface area contributed by atoms with E-state index in [-0.39, 0.29) is 5.75 Å². The largest absolute Gasteiger partial charge is 0.507 e. The zero-order valence-corrected chi connectivity index (χ0v) is 22.7. The SMILES string of the molecule is Cc1cccc(C(C(=O)Nc2c(C)cccc2C)N(C(=O)C(C)NC(=O)OC(C)(C)C)C(C)C)c1O. The maximum absolute atomic E-state index is 13.8. The Labute approximate surface area is 214 Å². The quantitative estimate of drug-likeness (QED) is 0.490. The lowest BCUT2D eigenvalue weighted by atomic mass is 9.97. The minimum atomic E-state index is -1.15. The van der Waals surface area contributed by atoms with E-state index in [2.05, 4.69) is 10.6 Å². The van der Waals surface area contributed by atoms with Gasteiger partial charge >= 0.3 is 6.09 Å². The molecule has 2 atom stereocenters. The third kappa shape index (κ3) is 6.99. The van der Waals surface area contributed by atoms with Gasteiger partial charge in [0.1, 0.15) is 23.4 Å². The summed E-state index contributed by atoms with van der Waals surface area (Å²) in [5, 5.41) is 16.4. The van der Waals surface area contributed by atoms with Crippen molar-refractivity contribution in [1.29, 1.82) is 0 Å². The second-order valence-corrected chi connectivity index (χ2v) is 10.4. The molecule has 2 aromatic rings. The van der Waals surface area contributed by atoms with Gasteiger partial charge in [-0.05, 0) is 79.0 Å². The van der Waals surface area contributed by atoms with Crippen LogP contribution in [-0.2, 0) is 14.3 Å². The average Bonchev–Trinajstić information content (AvgIpc) is 2.74. The van der Waals surface area contributed by atoms with Crippen LogP contribution in [0.3, 0.4) is 0 Å². The lowest BCUT2D eigenvalue weighted by Crippen LogP contribution is -2.53. The number of hydrogen-bond donors (Lipinski definition) is 3. The van der Waals surface area contributed by atoms with Crippen LogP contribution in [0.1, 0.15) is 69.8 Å². The average molecular weight is 498 g/mol. The molecule has 2 rings (SSSR count). The first kappa shape index (κ1) is 28.7. The molecule has 2 unspecified atom stereocenters. The Morgan fingerprint density at radius 1 is 0.917 bits per heavy atom. The van der Waals surface area contributed by atoms with Crippen molar-refractivity contribution in [3.05, 3.63) is 58.7 Å². The molecular weight excluding hydrogens is 458 g/mol. The van der Waals surface area contributed by atoms with Gasteiger partial charge in [-0.2, -0.15) is 0 Å². The minimum absolute atomic E-state index is 0.0645. The molecule has 8 nitrogen and oxygen atoms in total. The van der Waals surface area contributed by atoms with Gasteiger partial charge in [0.15, 0.2) is 0 Å². The summed E-state index contributed by atoms with van der Waals surface area (Å²) in [5.41, 5.74) is 2.54. The number of nitrogens with zero attached hydrogens (tertiary/aromatic N) is 1. The first-order valence-corrected chi connectivity index (χ1v) is 12.1. The number of alkyl carbamates (subject to hydrolysis) is 1. The molecule has 0 aromatic heterocycles. The van der Waals surface area contributed by atoms with Crippen LogP contribution in [-0.4, -0.2) is 45.6 Å². The molecule has 196 valence electrons. The number of ether oxygens (including phenoxy) is 1. The molecule has 0 radical (unpaired) electrons. The lowest BCUT2D eigenvalue weighted by Gasteiger charge is -2.37. The van der Waals surface area contributed by atoms with Crippen molar-refractivity contribution in [3.8, 4) is 5.75 Å². The predicted octanol–water partition coefficient (Wildman–Crippen LogP) is 5.15. The monoisotopic (exact) mass is 497 g/mol. The van der Waals surface area contributed by atoms with E-state index >= 15 is 0 Å². The van der Waals surface area contributed by atoms with Crippen molar-refractivity contribution >= 4 is 23.6 Å².